The van der Waals surface area contributed by atoms with Gasteiger partial charge in [0.25, 0.3) is 0 Å². The lowest BCUT2D eigenvalue weighted by Crippen LogP contribution is -2.35. The molecule has 2 nitrogen and oxygen atoms in total. The van der Waals surface area contributed by atoms with Gasteiger partial charge in [-0.3, -0.25) is 0 Å². The van der Waals surface area contributed by atoms with Crippen molar-refractivity contribution in [2.45, 2.75) is 12.5 Å². The number of hydrogen-bond donors (Lipinski definition) is 1. The van der Waals surface area contributed by atoms with Gasteiger partial charge in [-0.15, -0.1) is 0 Å². The van der Waals surface area contributed by atoms with Crippen molar-refractivity contribution in [1.82, 2.24) is 10.2 Å². The second-order valence-corrected chi connectivity index (χ2v) is 6.78. The van der Waals surface area contributed by atoms with Crippen LogP contribution >= 0.6 is 27.7 Å². The Kier molecular flexibility index (Phi) is 6.02. The van der Waals surface area contributed by atoms with Crippen molar-refractivity contribution in [3.8, 4) is 0 Å². The minimum absolute atomic E-state index is 0.465. The molecule has 0 saturated carbocycles. The normalized spacial score (nSPS) is 18.8. The van der Waals surface area contributed by atoms with Crippen LogP contribution in [-0.2, 0) is 0 Å². The molecule has 0 radical (unpaired) electrons. The number of halogens is 1. The lowest BCUT2D eigenvalue weighted by molar-refractivity contribution is 0.283. The predicted octanol–water partition coefficient (Wildman–Crippen LogP) is 3.15. The van der Waals surface area contributed by atoms with Gasteiger partial charge in [0, 0.05) is 41.7 Å². The van der Waals surface area contributed by atoms with Gasteiger partial charge in [-0.2, -0.15) is 11.8 Å². The molecule has 2 rings (SSSR count). The Morgan fingerprint density at radius 1 is 1.28 bits per heavy atom. The van der Waals surface area contributed by atoms with Crippen molar-refractivity contribution >= 4 is 27.7 Å². The Morgan fingerprint density at radius 2 is 1.94 bits per heavy atom. The third-order valence-electron chi connectivity index (χ3n) is 3.46. The van der Waals surface area contributed by atoms with Crippen molar-refractivity contribution in [2.75, 3.05) is 38.2 Å². The summed E-state index contributed by atoms with van der Waals surface area (Å²) in [5.41, 5.74) is 1.38. The highest BCUT2D eigenvalue weighted by molar-refractivity contribution is 9.10. The van der Waals surface area contributed by atoms with Crippen LogP contribution in [-0.4, -0.2) is 43.1 Å². The van der Waals surface area contributed by atoms with E-state index >= 15 is 0 Å². The lowest BCUT2D eigenvalue weighted by atomic mass is 10.0. The maximum absolute atomic E-state index is 3.49. The monoisotopic (exact) mass is 328 g/mol. The van der Waals surface area contributed by atoms with Crippen LogP contribution < -0.4 is 5.32 Å². The Hall–Kier alpha value is -0.0300. The van der Waals surface area contributed by atoms with E-state index in [0.717, 1.165) is 4.47 Å². The van der Waals surface area contributed by atoms with Crippen LogP contribution in [0.2, 0.25) is 0 Å². The van der Waals surface area contributed by atoms with Crippen molar-refractivity contribution in [1.29, 1.82) is 0 Å². The van der Waals surface area contributed by atoms with Crippen molar-refractivity contribution in [3.05, 3.63) is 34.3 Å². The van der Waals surface area contributed by atoms with Gasteiger partial charge >= 0.3 is 0 Å². The van der Waals surface area contributed by atoms with Crippen LogP contribution in [0.1, 0.15) is 18.0 Å². The van der Waals surface area contributed by atoms with Crippen molar-refractivity contribution in [2.24, 2.45) is 0 Å². The zero-order valence-corrected chi connectivity index (χ0v) is 13.3. The quantitative estimate of drug-likeness (QED) is 0.893. The Labute approximate surface area is 123 Å². The van der Waals surface area contributed by atoms with Crippen LogP contribution in [0.3, 0.4) is 0 Å². The van der Waals surface area contributed by atoms with Crippen molar-refractivity contribution < 1.29 is 0 Å². The van der Waals surface area contributed by atoms with E-state index in [0.29, 0.717) is 6.04 Å². The van der Waals surface area contributed by atoms with E-state index in [1.807, 2.05) is 0 Å². The molecule has 4 heteroatoms. The van der Waals surface area contributed by atoms with Gasteiger partial charge in [-0.1, -0.05) is 28.1 Å². The van der Waals surface area contributed by atoms with Crippen LogP contribution in [0.4, 0.5) is 0 Å². The van der Waals surface area contributed by atoms with Gasteiger partial charge in [-0.25, -0.2) is 0 Å². The molecule has 0 spiro atoms. The van der Waals surface area contributed by atoms with E-state index in [1.54, 1.807) is 0 Å². The largest absolute Gasteiger partial charge is 0.313 e. The zero-order valence-electron chi connectivity index (χ0n) is 10.9. The van der Waals surface area contributed by atoms with Gasteiger partial charge < -0.3 is 10.2 Å². The van der Waals surface area contributed by atoms with Crippen LogP contribution in [0.15, 0.2) is 28.7 Å². The summed E-state index contributed by atoms with van der Waals surface area (Å²) in [5.74, 6) is 2.59. The summed E-state index contributed by atoms with van der Waals surface area (Å²) >= 11 is 5.56. The SMILES string of the molecule is CNC(CCN1CCSCC1)c1ccc(Br)cc1. The fourth-order valence-corrected chi connectivity index (χ4v) is 3.55. The molecule has 1 heterocycles. The van der Waals surface area contributed by atoms with Gasteiger partial charge in [0.15, 0.2) is 0 Å². The molecular formula is C14H21BrN2S. The zero-order chi connectivity index (χ0) is 12.8. The Balaban J connectivity index is 1.86. The first kappa shape index (κ1) is 14.4. The van der Waals surface area contributed by atoms with E-state index < -0.39 is 0 Å². The third-order valence-corrected chi connectivity index (χ3v) is 4.93. The summed E-state index contributed by atoms with van der Waals surface area (Å²) in [6.45, 7) is 3.70. The lowest BCUT2D eigenvalue weighted by Gasteiger charge is -2.28. The molecule has 1 N–H and O–H groups in total. The Bertz CT molecular complexity index is 349. The molecule has 0 aliphatic carbocycles. The predicted molar refractivity (Wildman–Crippen MR) is 84.3 cm³/mol. The molecule has 1 unspecified atom stereocenters. The fraction of sp³-hybridized carbons (Fsp3) is 0.571. The maximum atomic E-state index is 3.49. The van der Waals surface area contributed by atoms with Crippen molar-refractivity contribution in [3.63, 3.8) is 0 Å². The van der Waals surface area contributed by atoms with E-state index in [-0.39, 0.29) is 0 Å². The number of nitrogens with zero attached hydrogens (tertiary/aromatic N) is 1. The molecule has 1 atom stereocenters. The second kappa shape index (κ2) is 7.53. The molecule has 0 amide bonds. The van der Waals surface area contributed by atoms with E-state index in [2.05, 4.69) is 69.2 Å². The van der Waals surface area contributed by atoms with Gasteiger partial charge in [0.05, 0.1) is 0 Å². The van der Waals surface area contributed by atoms with E-state index in [1.165, 1.54) is 43.1 Å². The first-order chi connectivity index (χ1) is 8.79. The van der Waals surface area contributed by atoms with Gasteiger partial charge in [0.2, 0.25) is 0 Å². The number of thioether (sulfide) groups is 1. The smallest absolute Gasteiger partial charge is 0.0329 e. The maximum Gasteiger partial charge on any atom is 0.0329 e. The molecule has 18 heavy (non-hydrogen) atoms. The molecule has 0 bridgehead atoms. The molecule has 1 aromatic rings. The van der Waals surface area contributed by atoms with Gasteiger partial charge in [0.1, 0.15) is 0 Å². The summed E-state index contributed by atoms with van der Waals surface area (Å²) in [5, 5.41) is 3.43. The highest BCUT2D eigenvalue weighted by Gasteiger charge is 2.14. The van der Waals surface area contributed by atoms with Crippen LogP contribution in [0.25, 0.3) is 0 Å². The minimum Gasteiger partial charge on any atom is -0.313 e. The molecule has 1 saturated heterocycles. The minimum atomic E-state index is 0.465. The standard InChI is InChI=1S/C14H21BrN2S/c1-16-14(12-2-4-13(15)5-3-12)6-7-17-8-10-18-11-9-17/h2-5,14,16H,6-11H2,1H3. The third kappa shape index (κ3) is 4.26. The van der Waals surface area contributed by atoms with E-state index in [9.17, 15) is 0 Å². The number of rotatable bonds is 5. The second-order valence-electron chi connectivity index (χ2n) is 4.64. The Morgan fingerprint density at radius 3 is 2.56 bits per heavy atom. The number of nitrogens with one attached hydrogen (secondary N) is 1. The van der Waals surface area contributed by atoms with Crippen LogP contribution in [0, 0.1) is 0 Å². The molecule has 100 valence electrons. The van der Waals surface area contributed by atoms with Crippen LogP contribution in [0.5, 0.6) is 0 Å². The summed E-state index contributed by atoms with van der Waals surface area (Å²) in [7, 11) is 2.05. The average Bonchev–Trinajstić information content (AvgIpc) is 2.42. The van der Waals surface area contributed by atoms with Gasteiger partial charge in [-0.05, 0) is 31.2 Å². The first-order valence-electron chi connectivity index (χ1n) is 6.52. The highest BCUT2D eigenvalue weighted by Crippen LogP contribution is 2.20. The molecule has 1 aliphatic heterocycles. The molecule has 1 fully saturated rings. The van der Waals surface area contributed by atoms with E-state index in [4.69, 9.17) is 0 Å². The topological polar surface area (TPSA) is 15.3 Å². The number of hydrogen-bond acceptors (Lipinski definition) is 3. The first-order valence-corrected chi connectivity index (χ1v) is 8.47. The number of benzene rings is 1. The molecule has 0 aromatic heterocycles. The molecular weight excluding hydrogens is 308 g/mol. The molecule has 1 aromatic carbocycles. The highest BCUT2D eigenvalue weighted by atomic mass is 79.9. The summed E-state index contributed by atoms with van der Waals surface area (Å²) < 4.78 is 1.15. The summed E-state index contributed by atoms with van der Waals surface area (Å²) in [6, 6.07) is 9.12. The average molecular weight is 329 g/mol. The molecule has 1 aliphatic rings. The summed E-state index contributed by atoms with van der Waals surface area (Å²) in [4.78, 5) is 2.58. The fourth-order valence-electron chi connectivity index (χ4n) is 2.31. The summed E-state index contributed by atoms with van der Waals surface area (Å²) in [6.07, 6.45) is 1.18.